The van der Waals surface area contributed by atoms with Crippen LogP contribution in [0.5, 0.6) is 0 Å². The Morgan fingerprint density at radius 2 is 1.71 bits per heavy atom. The molecule has 0 spiro atoms. The topological polar surface area (TPSA) is 75.7 Å². The highest BCUT2D eigenvalue weighted by Gasteiger charge is 2.35. The standard InChI is InChI=1S/C25H28N2O4/c1-18-11-13-19(14-12-18)23(24(28)26-20-7-3-2-4-8-20)27(17-21-9-5-15-30-21)25(29)22-10-6-16-31-22/h5-6,9-16,20,23H,2-4,7-8,17H2,1H3,(H,26,28). The second-order valence-electron chi connectivity index (χ2n) is 8.15. The molecule has 1 unspecified atom stereocenters. The molecular formula is C25H28N2O4. The Labute approximate surface area is 182 Å². The number of carbonyl (C=O) groups excluding carboxylic acids is 2. The minimum Gasteiger partial charge on any atom is -0.467 e. The average Bonchev–Trinajstić information content (AvgIpc) is 3.49. The Morgan fingerprint density at radius 3 is 2.35 bits per heavy atom. The van der Waals surface area contributed by atoms with E-state index in [1.807, 2.05) is 31.2 Å². The summed E-state index contributed by atoms with van der Waals surface area (Å²) in [5.41, 5.74) is 1.84. The van der Waals surface area contributed by atoms with Crippen molar-refractivity contribution in [2.45, 2.75) is 57.7 Å². The summed E-state index contributed by atoms with van der Waals surface area (Å²) < 4.78 is 10.9. The number of hydrogen-bond donors (Lipinski definition) is 1. The van der Waals surface area contributed by atoms with Gasteiger partial charge < -0.3 is 19.1 Å². The van der Waals surface area contributed by atoms with Gasteiger partial charge in [0.2, 0.25) is 5.91 Å². The first-order chi connectivity index (χ1) is 15.1. The molecule has 31 heavy (non-hydrogen) atoms. The lowest BCUT2D eigenvalue weighted by atomic mass is 9.94. The van der Waals surface area contributed by atoms with E-state index in [1.54, 1.807) is 30.5 Å². The van der Waals surface area contributed by atoms with Gasteiger partial charge in [0, 0.05) is 6.04 Å². The SMILES string of the molecule is Cc1ccc(C(C(=O)NC2CCCCC2)N(Cc2ccco2)C(=O)c2ccco2)cc1. The molecule has 0 aliphatic heterocycles. The minimum atomic E-state index is -0.801. The van der Waals surface area contributed by atoms with Crippen LogP contribution in [0.1, 0.15) is 65.6 Å². The zero-order chi connectivity index (χ0) is 21.6. The Morgan fingerprint density at radius 1 is 1.00 bits per heavy atom. The van der Waals surface area contributed by atoms with Crippen LogP contribution in [0, 0.1) is 6.92 Å². The van der Waals surface area contributed by atoms with Crippen molar-refractivity contribution in [3.8, 4) is 0 Å². The van der Waals surface area contributed by atoms with Crippen LogP contribution in [0.4, 0.5) is 0 Å². The highest BCUT2D eigenvalue weighted by Crippen LogP contribution is 2.28. The van der Waals surface area contributed by atoms with Gasteiger partial charge in [-0.3, -0.25) is 9.59 Å². The van der Waals surface area contributed by atoms with Crippen LogP contribution in [0.25, 0.3) is 0 Å². The molecule has 1 aliphatic carbocycles. The Bertz CT molecular complexity index is 971. The minimum absolute atomic E-state index is 0.137. The normalized spacial score (nSPS) is 15.4. The number of nitrogens with one attached hydrogen (secondary N) is 1. The summed E-state index contributed by atoms with van der Waals surface area (Å²) >= 11 is 0. The van der Waals surface area contributed by atoms with Gasteiger partial charge in [0.05, 0.1) is 19.1 Å². The molecule has 1 aromatic carbocycles. The van der Waals surface area contributed by atoms with Gasteiger partial charge >= 0.3 is 0 Å². The number of nitrogens with zero attached hydrogens (tertiary/aromatic N) is 1. The van der Waals surface area contributed by atoms with E-state index in [1.165, 1.54) is 17.6 Å². The number of amides is 2. The molecule has 0 saturated heterocycles. The van der Waals surface area contributed by atoms with Crippen LogP contribution in [-0.2, 0) is 11.3 Å². The first-order valence-corrected chi connectivity index (χ1v) is 10.9. The molecule has 0 radical (unpaired) electrons. The van der Waals surface area contributed by atoms with Crippen molar-refractivity contribution >= 4 is 11.8 Å². The van der Waals surface area contributed by atoms with Gasteiger partial charge in [0.15, 0.2) is 5.76 Å². The average molecular weight is 421 g/mol. The van der Waals surface area contributed by atoms with Crippen LogP contribution in [0.3, 0.4) is 0 Å². The highest BCUT2D eigenvalue weighted by atomic mass is 16.3. The van der Waals surface area contributed by atoms with Crippen molar-refractivity contribution in [2.75, 3.05) is 0 Å². The van der Waals surface area contributed by atoms with Gasteiger partial charge in [-0.1, -0.05) is 49.1 Å². The van der Waals surface area contributed by atoms with Crippen molar-refractivity contribution < 1.29 is 18.4 Å². The summed E-state index contributed by atoms with van der Waals surface area (Å²) in [7, 11) is 0. The number of benzene rings is 1. The molecule has 162 valence electrons. The largest absolute Gasteiger partial charge is 0.467 e. The summed E-state index contributed by atoms with van der Waals surface area (Å²) in [5.74, 6) is 0.254. The van der Waals surface area contributed by atoms with E-state index in [-0.39, 0.29) is 30.2 Å². The third-order valence-electron chi connectivity index (χ3n) is 5.80. The molecule has 1 N–H and O–H groups in total. The quantitative estimate of drug-likeness (QED) is 0.583. The Balaban J connectivity index is 1.70. The van der Waals surface area contributed by atoms with Crippen molar-refractivity contribution in [3.05, 3.63) is 83.7 Å². The lowest BCUT2D eigenvalue weighted by Crippen LogP contribution is -2.46. The molecule has 2 heterocycles. The Hall–Kier alpha value is -3.28. The number of hydrogen-bond acceptors (Lipinski definition) is 4. The molecule has 1 aliphatic rings. The third-order valence-corrected chi connectivity index (χ3v) is 5.80. The monoisotopic (exact) mass is 420 g/mol. The predicted molar refractivity (Wildman–Crippen MR) is 116 cm³/mol. The maximum atomic E-state index is 13.6. The van der Waals surface area contributed by atoms with E-state index < -0.39 is 6.04 Å². The van der Waals surface area contributed by atoms with E-state index >= 15 is 0 Å². The molecular weight excluding hydrogens is 392 g/mol. The molecule has 1 fully saturated rings. The summed E-state index contributed by atoms with van der Waals surface area (Å²) in [6.45, 7) is 2.15. The fourth-order valence-electron chi connectivity index (χ4n) is 4.14. The van der Waals surface area contributed by atoms with Gasteiger partial charge in [-0.05, 0) is 49.6 Å². The molecule has 2 aromatic heterocycles. The van der Waals surface area contributed by atoms with E-state index in [4.69, 9.17) is 8.83 Å². The van der Waals surface area contributed by atoms with Crippen LogP contribution in [0.15, 0.2) is 69.9 Å². The maximum absolute atomic E-state index is 13.6. The molecule has 0 bridgehead atoms. The van der Waals surface area contributed by atoms with Crippen LogP contribution >= 0.6 is 0 Å². The summed E-state index contributed by atoms with van der Waals surface area (Å²) in [4.78, 5) is 28.5. The lowest BCUT2D eigenvalue weighted by molar-refractivity contribution is -0.127. The zero-order valence-electron chi connectivity index (χ0n) is 17.8. The molecule has 3 aromatic rings. The van der Waals surface area contributed by atoms with Gasteiger partial charge in [0.25, 0.3) is 5.91 Å². The molecule has 1 saturated carbocycles. The van der Waals surface area contributed by atoms with Gasteiger partial charge in [-0.15, -0.1) is 0 Å². The molecule has 4 rings (SSSR count). The number of furan rings is 2. The summed E-state index contributed by atoms with van der Waals surface area (Å²) in [6, 6.07) is 13.9. The van der Waals surface area contributed by atoms with Crippen LogP contribution in [0.2, 0.25) is 0 Å². The zero-order valence-corrected chi connectivity index (χ0v) is 17.8. The summed E-state index contributed by atoms with van der Waals surface area (Å²) in [5, 5.41) is 3.20. The molecule has 6 nitrogen and oxygen atoms in total. The first-order valence-electron chi connectivity index (χ1n) is 10.9. The molecule has 6 heteroatoms. The van der Waals surface area contributed by atoms with Gasteiger partial charge in [-0.25, -0.2) is 0 Å². The van der Waals surface area contributed by atoms with Gasteiger partial charge in [0.1, 0.15) is 11.8 Å². The number of carbonyl (C=O) groups is 2. The fourth-order valence-corrected chi connectivity index (χ4v) is 4.14. The van der Waals surface area contributed by atoms with E-state index in [9.17, 15) is 9.59 Å². The van der Waals surface area contributed by atoms with Crippen molar-refractivity contribution in [1.82, 2.24) is 10.2 Å². The first kappa shape index (κ1) is 21.0. The molecule has 1 atom stereocenters. The third kappa shape index (κ3) is 5.08. The Kier molecular flexibility index (Phi) is 6.55. The predicted octanol–water partition coefficient (Wildman–Crippen LogP) is 5.01. The molecule has 2 amide bonds. The van der Waals surface area contributed by atoms with Crippen molar-refractivity contribution in [1.29, 1.82) is 0 Å². The lowest BCUT2D eigenvalue weighted by Gasteiger charge is -2.32. The fraction of sp³-hybridized carbons (Fsp3) is 0.360. The second kappa shape index (κ2) is 9.69. The smallest absolute Gasteiger partial charge is 0.290 e. The maximum Gasteiger partial charge on any atom is 0.290 e. The van der Waals surface area contributed by atoms with Crippen molar-refractivity contribution in [2.24, 2.45) is 0 Å². The van der Waals surface area contributed by atoms with Gasteiger partial charge in [-0.2, -0.15) is 0 Å². The highest BCUT2D eigenvalue weighted by molar-refractivity contribution is 5.96. The number of aryl methyl sites for hydroxylation is 1. The van der Waals surface area contributed by atoms with E-state index in [2.05, 4.69) is 5.32 Å². The van der Waals surface area contributed by atoms with Crippen LogP contribution < -0.4 is 5.32 Å². The van der Waals surface area contributed by atoms with Crippen LogP contribution in [-0.4, -0.2) is 22.8 Å². The van der Waals surface area contributed by atoms with E-state index in [0.29, 0.717) is 5.76 Å². The number of rotatable bonds is 7. The second-order valence-corrected chi connectivity index (χ2v) is 8.15. The van der Waals surface area contributed by atoms with Crippen molar-refractivity contribution in [3.63, 3.8) is 0 Å². The summed E-state index contributed by atoms with van der Waals surface area (Å²) in [6.07, 6.45) is 8.39. The van der Waals surface area contributed by atoms with E-state index in [0.717, 1.165) is 36.8 Å².